The number of hydrogen-bond acceptors (Lipinski definition) is 2. The number of hydrogen-bond donors (Lipinski definition) is 1. The lowest BCUT2D eigenvalue weighted by molar-refractivity contribution is 0.528. The minimum Gasteiger partial charge on any atom is -0.315 e. The maximum Gasteiger partial charge on any atom is 0.0413 e. The van der Waals surface area contributed by atoms with Crippen molar-refractivity contribution in [3.05, 3.63) is 28.5 Å². The van der Waals surface area contributed by atoms with E-state index in [1.165, 1.54) is 0 Å². The number of halogens is 1. The summed E-state index contributed by atoms with van der Waals surface area (Å²) in [6.07, 6.45) is 4.04. The Labute approximate surface area is 94.3 Å². The third-order valence-corrected chi connectivity index (χ3v) is 2.64. The highest BCUT2D eigenvalue weighted by molar-refractivity contribution is 9.10. The van der Waals surface area contributed by atoms with Crippen molar-refractivity contribution in [2.75, 3.05) is 6.54 Å². The molecule has 0 spiro atoms. The van der Waals surface area contributed by atoms with Crippen LogP contribution in [0.3, 0.4) is 0 Å². The molecular weight excluding hydrogens is 240 g/mol. The molecule has 1 aromatic heterocycles. The molecule has 0 aliphatic heterocycles. The largest absolute Gasteiger partial charge is 0.315 e. The second kappa shape index (κ2) is 6.14. The van der Waals surface area contributed by atoms with Crippen LogP contribution in [0.1, 0.15) is 26.0 Å². The van der Waals surface area contributed by atoms with E-state index in [-0.39, 0.29) is 0 Å². The molecule has 1 heterocycles. The fraction of sp³-hybridized carbons (Fsp3) is 0.545. The normalized spacial score (nSPS) is 12.8. The van der Waals surface area contributed by atoms with Crippen molar-refractivity contribution in [1.82, 2.24) is 10.3 Å². The molecule has 1 rings (SSSR count). The van der Waals surface area contributed by atoms with Crippen molar-refractivity contribution in [3.63, 3.8) is 0 Å². The molecule has 0 saturated carbocycles. The van der Waals surface area contributed by atoms with Crippen LogP contribution >= 0.6 is 15.9 Å². The van der Waals surface area contributed by atoms with Gasteiger partial charge in [0.1, 0.15) is 0 Å². The Hall–Kier alpha value is -0.410. The van der Waals surface area contributed by atoms with Crippen LogP contribution < -0.4 is 5.32 Å². The molecule has 0 radical (unpaired) electrons. The maximum absolute atomic E-state index is 4.34. The highest BCUT2D eigenvalue weighted by Crippen LogP contribution is 2.09. The van der Waals surface area contributed by atoms with Crippen LogP contribution in [0.15, 0.2) is 22.8 Å². The smallest absolute Gasteiger partial charge is 0.0413 e. The van der Waals surface area contributed by atoms with Crippen LogP contribution in [0.4, 0.5) is 0 Å². The molecule has 0 aliphatic rings. The standard InChI is InChI=1S/C11H17BrN2/c1-3-13-9(2)4-6-11-7-5-10(12)8-14-11/h5,7-9,13H,3-4,6H2,1-2H3. The average molecular weight is 257 g/mol. The quantitative estimate of drug-likeness (QED) is 0.877. The van der Waals surface area contributed by atoms with Gasteiger partial charge in [0.15, 0.2) is 0 Å². The summed E-state index contributed by atoms with van der Waals surface area (Å²) in [7, 11) is 0. The van der Waals surface area contributed by atoms with E-state index in [1.807, 2.05) is 12.3 Å². The van der Waals surface area contributed by atoms with Gasteiger partial charge in [-0.2, -0.15) is 0 Å². The maximum atomic E-state index is 4.34. The summed E-state index contributed by atoms with van der Waals surface area (Å²) in [5.74, 6) is 0. The zero-order chi connectivity index (χ0) is 10.4. The first-order valence-corrected chi connectivity index (χ1v) is 5.85. The van der Waals surface area contributed by atoms with Crippen LogP contribution in [-0.4, -0.2) is 17.6 Å². The van der Waals surface area contributed by atoms with E-state index in [1.54, 1.807) is 0 Å². The van der Waals surface area contributed by atoms with Crippen molar-refractivity contribution in [2.24, 2.45) is 0 Å². The molecule has 0 aromatic carbocycles. The Morgan fingerprint density at radius 1 is 1.50 bits per heavy atom. The zero-order valence-corrected chi connectivity index (χ0v) is 10.3. The molecule has 2 nitrogen and oxygen atoms in total. The molecule has 3 heteroatoms. The number of nitrogens with zero attached hydrogens (tertiary/aromatic N) is 1. The molecule has 0 aliphatic carbocycles. The predicted molar refractivity (Wildman–Crippen MR) is 63.4 cm³/mol. The van der Waals surface area contributed by atoms with Crippen LogP contribution in [0.2, 0.25) is 0 Å². The summed E-state index contributed by atoms with van der Waals surface area (Å²) in [6, 6.07) is 4.69. The Morgan fingerprint density at radius 2 is 2.29 bits per heavy atom. The van der Waals surface area contributed by atoms with Crippen molar-refractivity contribution < 1.29 is 0 Å². The monoisotopic (exact) mass is 256 g/mol. The average Bonchev–Trinajstić information content (AvgIpc) is 2.17. The Balaban J connectivity index is 2.34. The lowest BCUT2D eigenvalue weighted by atomic mass is 10.1. The molecule has 1 unspecified atom stereocenters. The first-order chi connectivity index (χ1) is 6.72. The van der Waals surface area contributed by atoms with Gasteiger partial charge in [0.2, 0.25) is 0 Å². The Kier molecular flexibility index (Phi) is 5.12. The summed E-state index contributed by atoms with van der Waals surface area (Å²) >= 11 is 3.38. The van der Waals surface area contributed by atoms with Crippen LogP contribution in [-0.2, 0) is 6.42 Å². The van der Waals surface area contributed by atoms with Gasteiger partial charge in [-0.1, -0.05) is 6.92 Å². The van der Waals surface area contributed by atoms with Gasteiger partial charge in [-0.25, -0.2) is 0 Å². The van der Waals surface area contributed by atoms with Gasteiger partial charge in [0.05, 0.1) is 0 Å². The van der Waals surface area contributed by atoms with Gasteiger partial charge < -0.3 is 5.32 Å². The molecular formula is C11H17BrN2. The van der Waals surface area contributed by atoms with E-state index >= 15 is 0 Å². The fourth-order valence-corrected chi connectivity index (χ4v) is 1.60. The van der Waals surface area contributed by atoms with E-state index in [2.05, 4.69) is 46.1 Å². The second-order valence-corrected chi connectivity index (χ2v) is 4.38. The van der Waals surface area contributed by atoms with Crippen LogP contribution in [0.25, 0.3) is 0 Å². The van der Waals surface area contributed by atoms with Crippen molar-refractivity contribution in [3.8, 4) is 0 Å². The highest BCUT2D eigenvalue weighted by atomic mass is 79.9. The number of pyridine rings is 1. The van der Waals surface area contributed by atoms with E-state index in [4.69, 9.17) is 0 Å². The lowest BCUT2D eigenvalue weighted by Gasteiger charge is -2.11. The Bertz CT molecular complexity index is 258. The molecule has 14 heavy (non-hydrogen) atoms. The predicted octanol–water partition coefficient (Wildman–Crippen LogP) is 2.77. The van der Waals surface area contributed by atoms with Crippen molar-refractivity contribution in [2.45, 2.75) is 32.7 Å². The van der Waals surface area contributed by atoms with Gasteiger partial charge in [0.25, 0.3) is 0 Å². The minimum atomic E-state index is 0.574. The summed E-state index contributed by atoms with van der Waals surface area (Å²) in [4.78, 5) is 4.34. The van der Waals surface area contributed by atoms with Gasteiger partial charge in [-0.15, -0.1) is 0 Å². The van der Waals surface area contributed by atoms with E-state index in [0.717, 1.165) is 29.6 Å². The molecule has 0 saturated heterocycles. The zero-order valence-electron chi connectivity index (χ0n) is 8.76. The van der Waals surface area contributed by atoms with E-state index < -0.39 is 0 Å². The topological polar surface area (TPSA) is 24.9 Å². The van der Waals surface area contributed by atoms with Gasteiger partial charge in [-0.3, -0.25) is 4.98 Å². The van der Waals surface area contributed by atoms with Gasteiger partial charge >= 0.3 is 0 Å². The summed E-state index contributed by atoms with van der Waals surface area (Å²) in [5, 5.41) is 3.39. The number of aryl methyl sites for hydroxylation is 1. The highest BCUT2D eigenvalue weighted by Gasteiger charge is 2.01. The lowest BCUT2D eigenvalue weighted by Crippen LogP contribution is -2.25. The van der Waals surface area contributed by atoms with Gasteiger partial charge in [-0.05, 0) is 54.4 Å². The van der Waals surface area contributed by atoms with Gasteiger partial charge in [0, 0.05) is 22.4 Å². The summed E-state index contributed by atoms with van der Waals surface area (Å²) in [6.45, 7) is 5.38. The number of nitrogens with one attached hydrogen (secondary N) is 1. The van der Waals surface area contributed by atoms with Crippen molar-refractivity contribution in [1.29, 1.82) is 0 Å². The van der Waals surface area contributed by atoms with E-state index in [0.29, 0.717) is 6.04 Å². The summed E-state index contributed by atoms with van der Waals surface area (Å²) in [5.41, 5.74) is 1.16. The van der Waals surface area contributed by atoms with Crippen LogP contribution in [0.5, 0.6) is 0 Å². The first-order valence-electron chi connectivity index (χ1n) is 5.06. The Morgan fingerprint density at radius 3 is 2.86 bits per heavy atom. The first kappa shape index (κ1) is 11.7. The van der Waals surface area contributed by atoms with Crippen molar-refractivity contribution >= 4 is 15.9 Å². The van der Waals surface area contributed by atoms with Crippen LogP contribution in [0, 0.1) is 0 Å². The third-order valence-electron chi connectivity index (χ3n) is 2.17. The third kappa shape index (κ3) is 4.20. The molecule has 78 valence electrons. The molecule has 0 amide bonds. The molecule has 0 fully saturated rings. The number of aromatic nitrogens is 1. The molecule has 1 atom stereocenters. The molecule has 0 bridgehead atoms. The fourth-order valence-electron chi connectivity index (χ4n) is 1.37. The SMILES string of the molecule is CCNC(C)CCc1ccc(Br)cn1. The minimum absolute atomic E-state index is 0.574. The molecule has 1 aromatic rings. The second-order valence-electron chi connectivity index (χ2n) is 3.47. The van der Waals surface area contributed by atoms with E-state index in [9.17, 15) is 0 Å². The summed E-state index contributed by atoms with van der Waals surface area (Å²) < 4.78 is 1.04. The molecule has 1 N–H and O–H groups in total. The number of rotatable bonds is 5.